The Morgan fingerprint density at radius 1 is 1.53 bits per heavy atom. The molecule has 0 aliphatic carbocycles. The highest BCUT2D eigenvalue weighted by Gasteiger charge is 2.14. The van der Waals surface area contributed by atoms with Crippen LogP contribution in [0.3, 0.4) is 0 Å². The summed E-state index contributed by atoms with van der Waals surface area (Å²) in [6, 6.07) is 1.23. The Kier molecular flexibility index (Phi) is 2.99. The van der Waals surface area contributed by atoms with Crippen LogP contribution in [-0.2, 0) is 0 Å². The monoisotopic (exact) mass is 209 g/mol. The molecule has 1 heterocycles. The number of rotatable bonds is 1. The molecule has 0 unspecified atom stereocenters. The molecule has 0 aliphatic rings. The third kappa shape index (κ3) is 1.93. The molecular formula is C9H11N3O3. The highest BCUT2D eigenvalue weighted by atomic mass is 16.3. The summed E-state index contributed by atoms with van der Waals surface area (Å²) in [6.07, 6.45) is 0. The minimum absolute atomic E-state index is 0.132. The maximum Gasteiger partial charge on any atom is 0.260 e. The molecule has 0 fully saturated rings. The van der Waals surface area contributed by atoms with Gasteiger partial charge in [-0.15, -0.1) is 0 Å². The first-order valence-electron chi connectivity index (χ1n) is 4.25. The quantitative estimate of drug-likeness (QED) is 0.706. The van der Waals surface area contributed by atoms with Crippen LogP contribution in [0.1, 0.15) is 17.3 Å². The smallest absolute Gasteiger partial charge is 0.260 e. The minimum atomic E-state index is -0.576. The van der Waals surface area contributed by atoms with Crippen molar-refractivity contribution in [2.75, 3.05) is 7.05 Å². The summed E-state index contributed by atoms with van der Waals surface area (Å²) in [6.45, 7) is 2.79. The van der Waals surface area contributed by atoms with Gasteiger partial charge in [0, 0.05) is 20.0 Å². The van der Waals surface area contributed by atoms with E-state index in [9.17, 15) is 14.7 Å². The predicted octanol–water partition coefficient (Wildman–Crippen LogP) is 1.24. The molecular weight excluding hydrogens is 198 g/mol. The van der Waals surface area contributed by atoms with Crippen LogP contribution in [0.15, 0.2) is 21.1 Å². The van der Waals surface area contributed by atoms with Crippen molar-refractivity contribution in [2.24, 2.45) is 10.2 Å². The van der Waals surface area contributed by atoms with Crippen LogP contribution in [0, 0.1) is 6.92 Å². The number of pyridine rings is 1. The van der Waals surface area contributed by atoms with Crippen molar-refractivity contribution in [1.29, 1.82) is 0 Å². The van der Waals surface area contributed by atoms with Gasteiger partial charge in [-0.2, -0.15) is 10.2 Å². The fourth-order valence-corrected chi connectivity index (χ4v) is 1.23. The van der Waals surface area contributed by atoms with E-state index in [-0.39, 0.29) is 5.69 Å². The Balaban J connectivity index is 3.63. The normalized spacial score (nSPS) is 10.9. The summed E-state index contributed by atoms with van der Waals surface area (Å²) in [5, 5.41) is 16.8. The first kappa shape index (κ1) is 11.1. The summed E-state index contributed by atoms with van der Waals surface area (Å²) in [4.78, 5) is 22.5. The van der Waals surface area contributed by atoms with Crippen molar-refractivity contribution in [3.05, 3.63) is 22.0 Å². The molecule has 0 radical (unpaired) electrons. The van der Waals surface area contributed by atoms with E-state index >= 15 is 0 Å². The molecule has 0 atom stereocenters. The molecule has 0 spiro atoms. The van der Waals surface area contributed by atoms with E-state index < -0.39 is 17.3 Å². The van der Waals surface area contributed by atoms with Crippen molar-refractivity contribution in [2.45, 2.75) is 13.8 Å². The van der Waals surface area contributed by atoms with Gasteiger partial charge in [-0.05, 0) is 12.5 Å². The molecule has 6 heteroatoms. The average Bonchev–Trinajstić information content (AvgIpc) is 2.11. The van der Waals surface area contributed by atoms with E-state index in [4.69, 9.17) is 0 Å². The molecule has 1 aromatic heterocycles. The van der Waals surface area contributed by atoms with Gasteiger partial charge in [0.1, 0.15) is 5.69 Å². The second-order valence-electron chi connectivity index (χ2n) is 2.99. The van der Waals surface area contributed by atoms with Crippen LogP contribution in [0.2, 0.25) is 0 Å². The summed E-state index contributed by atoms with van der Waals surface area (Å²) in [5.74, 6) is -1.04. The third-order valence-electron chi connectivity index (χ3n) is 1.87. The molecule has 0 saturated carbocycles. The van der Waals surface area contributed by atoms with Gasteiger partial charge in [0.25, 0.3) is 5.56 Å². The van der Waals surface area contributed by atoms with Gasteiger partial charge in [-0.1, -0.05) is 0 Å². The molecule has 1 aromatic rings. The summed E-state index contributed by atoms with van der Waals surface area (Å²) < 4.78 is 0.650. The molecule has 1 rings (SSSR count). The van der Waals surface area contributed by atoms with E-state index in [2.05, 4.69) is 10.2 Å². The number of aryl methyl sites for hydroxylation is 1. The summed E-state index contributed by atoms with van der Waals surface area (Å²) in [5.41, 5.74) is 0.0282. The van der Waals surface area contributed by atoms with Gasteiger partial charge in [-0.3, -0.25) is 9.59 Å². The number of carbonyl (C=O) groups is 1. The molecule has 80 valence electrons. The Morgan fingerprint density at radius 3 is 2.60 bits per heavy atom. The highest BCUT2D eigenvalue weighted by Crippen LogP contribution is 2.28. The zero-order valence-electron chi connectivity index (χ0n) is 8.68. The fraction of sp³-hybridized carbons (Fsp3) is 0.333. The van der Waals surface area contributed by atoms with Crippen LogP contribution in [0.25, 0.3) is 0 Å². The van der Waals surface area contributed by atoms with E-state index in [1.807, 2.05) is 0 Å². The number of azo groups is 1. The molecule has 0 aromatic carbocycles. The largest absolute Gasteiger partial charge is 0.492 e. The van der Waals surface area contributed by atoms with E-state index in [1.54, 1.807) is 6.92 Å². The maximum atomic E-state index is 11.4. The van der Waals surface area contributed by atoms with Crippen molar-refractivity contribution >= 4 is 11.6 Å². The van der Waals surface area contributed by atoms with Crippen molar-refractivity contribution in [3.63, 3.8) is 0 Å². The van der Waals surface area contributed by atoms with Gasteiger partial charge < -0.3 is 5.11 Å². The number of hydrogen-bond acceptors (Lipinski definition) is 5. The molecule has 0 amide bonds. The number of aromatic nitrogens is 1. The molecule has 0 aliphatic heterocycles. The average molecular weight is 209 g/mol. The molecule has 6 nitrogen and oxygen atoms in total. The van der Waals surface area contributed by atoms with Crippen molar-refractivity contribution in [1.82, 2.24) is 4.57 Å². The van der Waals surface area contributed by atoms with Crippen LogP contribution >= 0.6 is 0 Å². The topological polar surface area (TPSA) is 84.0 Å². The van der Waals surface area contributed by atoms with Gasteiger partial charge in [-0.25, -0.2) is 4.57 Å². The zero-order valence-corrected chi connectivity index (χ0v) is 8.68. The lowest BCUT2D eigenvalue weighted by atomic mass is 10.2. The van der Waals surface area contributed by atoms with Crippen molar-refractivity contribution in [3.8, 4) is 5.88 Å². The van der Waals surface area contributed by atoms with Crippen LogP contribution < -0.4 is 5.56 Å². The number of nitrogens with zero attached hydrogens (tertiary/aromatic N) is 3. The van der Waals surface area contributed by atoms with Gasteiger partial charge in [0.05, 0.1) is 0 Å². The summed E-state index contributed by atoms with van der Waals surface area (Å²) in [7, 11) is 1.43. The molecule has 0 bridgehead atoms. The standard InChI is InChI=1S/C9H11N3O3/c1-5-4-7(14)12(6(2)13)9(15)8(5)11-10-3/h4,15H,1-3H3. The Morgan fingerprint density at radius 2 is 2.13 bits per heavy atom. The SMILES string of the molecule is CN=Nc1c(C)cc(=O)n(C(C)=O)c1O. The Bertz CT molecular complexity index is 488. The van der Waals surface area contributed by atoms with E-state index in [0.29, 0.717) is 10.1 Å². The maximum absolute atomic E-state index is 11.4. The Labute approximate surface area is 85.9 Å². The second-order valence-corrected chi connectivity index (χ2v) is 2.99. The molecule has 15 heavy (non-hydrogen) atoms. The number of hydrogen-bond donors (Lipinski definition) is 1. The van der Waals surface area contributed by atoms with Crippen LogP contribution in [0.5, 0.6) is 5.88 Å². The first-order chi connectivity index (χ1) is 6.99. The highest BCUT2D eigenvalue weighted by molar-refractivity contribution is 5.79. The lowest BCUT2D eigenvalue weighted by Gasteiger charge is -2.07. The number of carbonyl (C=O) groups excluding carboxylic acids is 1. The minimum Gasteiger partial charge on any atom is -0.492 e. The Hall–Kier alpha value is -1.98. The lowest BCUT2D eigenvalue weighted by Crippen LogP contribution is -2.24. The fourth-order valence-electron chi connectivity index (χ4n) is 1.23. The number of aromatic hydroxyl groups is 1. The predicted molar refractivity (Wildman–Crippen MR) is 53.8 cm³/mol. The van der Waals surface area contributed by atoms with Gasteiger partial charge in [0.2, 0.25) is 11.8 Å². The first-order valence-corrected chi connectivity index (χ1v) is 4.25. The van der Waals surface area contributed by atoms with E-state index in [1.165, 1.54) is 20.0 Å². The van der Waals surface area contributed by atoms with Crippen LogP contribution in [-0.4, -0.2) is 22.6 Å². The van der Waals surface area contributed by atoms with Gasteiger partial charge >= 0.3 is 0 Å². The lowest BCUT2D eigenvalue weighted by molar-refractivity contribution is 0.0922. The third-order valence-corrected chi connectivity index (χ3v) is 1.87. The van der Waals surface area contributed by atoms with E-state index in [0.717, 1.165) is 0 Å². The second kappa shape index (κ2) is 4.04. The molecule has 0 saturated heterocycles. The zero-order chi connectivity index (χ0) is 11.6. The van der Waals surface area contributed by atoms with Crippen LogP contribution in [0.4, 0.5) is 5.69 Å². The van der Waals surface area contributed by atoms with Crippen molar-refractivity contribution < 1.29 is 9.90 Å². The van der Waals surface area contributed by atoms with Gasteiger partial charge in [0.15, 0.2) is 0 Å². The molecule has 1 N–H and O–H groups in total. The summed E-state index contributed by atoms with van der Waals surface area (Å²) >= 11 is 0.